The van der Waals surface area contributed by atoms with Gasteiger partial charge < -0.3 is 5.11 Å². The molecule has 0 atom stereocenters. The van der Waals surface area contributed by atoms with Crippen LogP contribution in [0, 0.1) is 6.92 Å². The number of rotatable bonds is 5. The van der Waals surface area contributed by atoms with Crippen LogP contribution >= 0.6 is 22.9 Å². The molecule has 3 rings (SSSR count). The number of thiazole rings is 1. The lowest BCUT2D eigenvalue weighted by Crippen LogP contribution is -2.03. The van der Waals surface area contributed by atoms with Crippen LogP contribution in [0.4, 0.5) is 0 Å². The number of Topliss-reactive ketones (excluding diaryl/α,β-unsaturated/α-hetero) is 1. The van der Waals surface area contributed by atoms with E-state index in [-0.39, 0.29) is 18.1 Å². The van der Waals surface area contributed by atoms with Crippen LogP contribution in [-0.2, 0) is 0 Å². The molecule has 0 bridgehead atoms. The van der Waals surface area contributed by atoms with Gasteiger partial charge >= 0.3 is 0 Å². The van der Waals surface area contributed by atoms with E-state index in [0.717, 1.165) is 16.1 Å². The van der Waals surface area contributed by atoms with Gasteiger partial charge in [-0.15, -0.1) is 11.3 Å². The number of benzene rings is 2. The Hall–Kier alpha value is -2.50. The summed E-state index contributed by atoms with van der Waals surface area (Å²) in [6, 6.07) is 14.1. The molecule has 126 valence electrons. The fourth-order valence-electron chi connectivity index (χ4n) is 2.28. The van der Waals surface area contributed by atoms with E-state index in [9.17, 15) is 9.90 Å². The summed E-state index contributed by atoms with van der Waals surface area (Å²) >= 11 is 7.26. The summed E-state index contributed by atoms with van der Waals surface area (Å²) in [6.07, 6.45) is 1.58. The molecule has 0 aliphatic carbocycles. The van der Waals surface area contributed by atoms with Gasteiger partial charge in [0, 0.05) is 16.8 Å². The SMILES string of the molecule is Cc1nc(-c2ccc(Cl)cc2)sc1C(=O)CN=Cc1cccc(O)c1. The number of halogens is 1. The van der Waals surface area contributed by atoms with Crippen LogP contribution in [0.1, 0.15) is 20.9 Å². The molecule has 25 heavy (non-hydrogen) atoms. The molecule has 0 aliphatic rings. The van der Waals surface area contributed by atoms with E-state index in [1.807, 2.05) is 25.1 Å². The van der Waals surface area contributed by atoms with E-state index in [1.54, 1.807) is 36.5 Å². The summed E-state index contributed by atoms with van der Waals surface area (Å²) in [5.41, 5.74) is 2.38. The molecule has 0 amide bonds. The first-order chi connectivity index (χ1) is 12.0. The van der Waals surface area contributed by atoms with Gasteiger partial charge in [-0.05, 0) is 36.8 Å². The molecular weight excluding hydrogens is 356 g/mol. The molecule has 0 saturated carbocycles. The molecule has 0 fully saturated rings. The van der Waals surface area contributed by atoms with E-state index in [1.165, 1.54) is 11.3 Å². The number of aliphatic imine (C=N–C) groups is 1. The Kier molecular flexibility index (Phi) is 5.26. The Morgan fingerprint density at radius 3 is 2.76 bits per heavy atom. The average Bonchev–Trinajstić information content (AvgIpc) is 2.97. The van der Waals surface area contributed by atoms with Gasteiger partial charge in [0.15, 0.2) is 5.78 Å². The van der Waals surface area contributed by atoms with Crippen molar-refractivity contribution >= 4 is 34.9 Å². The number of carbonyl (C=O) groups is 1. The van der Waals surface area contributed by atoms with Crippen molar-refractivity contribution in [1.82, 2.24) is 4.98 Å². The van der Waals surface area contributed by atoms with Crippen LogP contribution in [0.5, 0.6) is 5.75 Å². The number of phenols is 1. The van der Waals surface area contributed by atoms with E-state index >= 15 is 0 Å². The average molecular weight is 371 g/mol. The van der Waals surface area contributed by atoms with Gasteiger partial charge in [-0.3, -0.25) is 9.79 Å². The molecule has 4 nitrogen and oxygen atoms in total. The standard InChI is InChI=1S/C19H15ClN2O2S/c1-12-18(25-19(22-12)14-5-7-15(20)8-6-14)17(24)11-21-10-13-3-2-4-16(23)9-13/h2-10,23H,11H2,1H3. The third-order valence-electron chi connectivity index (χ3n) is 3.49. The minimum Gasteiger partial charge on any atom is -0.508 e. The number of phenolic OH excluding ortho intramolecular Hbond substituents is 1. The quantitative estimate of drug-likeness (QED) is 0.519. The fraction of sp³-hybridized carbons (Fsp3) is 0.105. The van der Waals surface area contributed by atoms with Crippen molar-refractivity contribution in [3.8, 4) is 16.3 Å². The number of hydrogen-bond donors (Lipinski definition) is 1. The van der Waals surface area contributed by atoms with Crippen LogP contribution in [0.3, 0.4) is 0 Å². The number of hydrogen-bond acceptors (Lipinski definition) is 5. The zero-order valence-electron chi connectivity index (χ0n) is 13.4. The molecule has 6 heteroatoms. The highest BCUT2D eigenvalue weighted by atomic mass is 35.5. The smallest absolute Gasteiger partial charge is 0.196 e. The lowest BCUT2D eigenvalue weighted by atomic mass is 10.2. The molecule has 0 spiro atoms. The van der Waals surface area contributed by atoms with Crippen molar-refractivity contribution in [2.45, 2.75) is 6.92 Å². The second-order valence-corrected chi connectivity index (χ2v) is 6.86. The first-order valence-electron chi connectivity index (χ1n) is 7.58. The van der Waals surface area contributed by atoms with Crippen LogP contribution in [0.2, 0.25) is 5.02 Å². The first-order valence-corrected chi connectivity index (χ1v) is 8.78. The predicted octanol–water partition coefficient (Wildman–Crippen LogP) is 4.78. The van der Waals surface area contributed by atoms with E-state index in [4.69, 9.17) is 11.6 Å². The van der Waals surface area contributed by atoms with Crippen molar-refractivity contribution in [2.75, 3.05) is 6.54 Å². The minimum atomic E-state index is -0.0772. The molecule has 1 aromatic heterocycles. The van der Waals surface area contributed by atoms with Crippen LogP contribution in [0.25, 0.3) is 10.6 Å². The van der Waals surface area contributed by atoms with Gasteiger partial charge in [-0.1, -0.05) is 35.9 Å². The summed E-state index contributed by atoms with van der Waals surface area (Å²) in [7, 11) is 0. The zero-order valence-corrected chi connectivity index (χ0v) is 15.0. The highest BCUT2D eigenvalue weighted by molar-refractivity contribution is 7.17. The molecule has 2 aromatic carbocycles. The lowest BCUT2D eigenvalue weighted by Gasteiger charge is -1.96. The van der Waals surface area contributed by atoms with Gasteiger partial charge in [0.05, 0.1) is 10.6 Å². The van der Waals surface area contributed by atoms with Crippen molar-refractivity contribution in [2.24, 2.45) is 4.99 Å². The summed E-state index contributed by atoms with van der Waals surface area (Å²) in [6.45, 7) is 1.86. The third kappa shape index (κ3) is 4.32. The topological polar surface area (TPSA) is 62.5 Å². The maximum atomic E-state index is 12.4. The third-order valence-corrected chi connectivity index (χ3v) is 4.99. The van der Waals surface area contributed by atoms with E-state index < -0.39 is 0 Å². The Morgan fingerprint density at radius 1 is 1.28 bits per heavy atom. The number of ketones is 1. The summed E-state index contributed by atoms with van der Waals surface area (Å²) in [5.74, 6) is 0.0906. The summed E-state index contributed by atoms with van der Waals surface area (Å²) in [4.78, 5) is 21.7. The summed E-state index contributed by atoms with van der Waals surface area (Å²) < 4.78 is 0. The molecular formula is C19H15ClN2O2S. The monoisotopic (exact) mass is 370 g/mol. The maximum absolute atomic E-state index is 12.4. The number of carbonyl (C=O) groups excluding carboxylic acids is 1. The summed E-state index contributed by atoms with van der Waals surface area (Å²) in [5, 5.41) is 10.9. The van der Waals surface area contributed by atoms with Gasteiger partial charge in [-0.2, -0.15) is 0 Å². The Balaban J connectivity index is 1.73. The van der Waals surface area contributed by atoms with E-state index in [0.29, 0.717) is 15.6 Å². The van der Waals surface area contributed by atoms with Gasteiger partial charge in [0.2, 0.25) is 0 Å². The molecule has 1 N–H and O–H groups in total. The van der Waals surface area contributed by atoms with Crippen LogP contribution in [-0.4, -0.2) is 28.6 Å². The largest absolute Gasteiger partial charge is 0.508 e. The molecule has 0 aliphatic heterocycles. The second kappa shape index (κ2) is 7.59. The molecule has 3 aromatic rings. The zero-order chi connectivity index (χ0) is 17.8. The molecule has 0 radical (unpaired) electrons. The Labute approximate surface area is 154 Å². The van der Waals surface area contributed by atoms with Crippen molar-refractivity contribution in [1.29, 1.82) is 0 Å². The lowest BCUT2D eigenvalue weighted by molar-refractivity contribution is 0.100. The highest BCUT2D eigenvalue weighted by Crippen LogP contribution is 2.29. The highest BCUT2D eigenvalue weighted by Gasteiger charge is 2.15. The first kappa shape index (κ1) is 17.3. The molecule has 1 heterocycles. The van der Waals surface area contributed by atoms with Gasteiger partial charge in [0.1, 0.15) is 17.3 Å². The minimum absolute atomic E-state index is 0.0404. The number of aryl methyl sites for hydroxylation is 1. The number of aromatic hydroxyl groups is 1. The van der Waals surface area contributed by atoms with Crippen LogP contribution in [0.15, 0.2) is 53.5 Å². The van der Waals surface area contributed by atoms with Crippen LogP contribution < -0.4 is 0 Å². The van der Waals surface area contributed by atoms with Crippen molar-refractivity contribution in [3.63, 3.8) is 0 Å². The molecule has 0 unspecified atom stereocenters. The molecule has 0 saturated heterocycles. The van der Waals surface area contributed by atoms with Crippen molar-refractivity contribution in [3.05, 3.63) is 69.7 Å². The fourth-order valence-corrected chi connectivity index (χ4v) is 3.41. The number of nitrogens with zero attached hydrogens (tertiary/aromatic N) is 2. The predicted molar refractivity (Wildman–Crippen MR) is 102 cm³/mol. The normalized spacial score (nSPS) is 11.1. The maximum Gasteiger partial charge on any atom is 0.196 e. The van der Waals surface area contributed by atoms with E-state index in [2.05, 4.69) is 9.98 Å². The van der Waals surface area contributed by atoms with Gasteiger partial charge in [-0.25, -0.2) is 4.98 Å². The van der Waals surface area contributed by atoms with Crippen molar-refractivity contribution < 1.29 is 9.90 Å². The Morgan fingerprint density at radius 2 is 2.04 bits per heavy atom. The van der Waals surface area contributed by atoms with Gasteiger partial charge in [0.25, 0.3) is 0 Å². The Bertz CT molecular complexity index is 933. The number of aromatic nitrogens is 1. The second-order valence-electron chi connectivity index (χ2n) is 5.43.